The summed E-state index contributed by atoms with van der Waals surface area (Å²) in [5, 5.41) is 11.3. The molecular formula is C21H35FO3. The highest BCUT2D eigenvalue weighted by molar-refractivity contribution is 5.87. The van der Waals surface area contributed by atoms with Crippen LogP contribution in [0.15, 0.2) is 0 Å². The van der Waals surface area contributed by atoms with Crippen LogP contribution in [0.3, 0.4) is 0 Å². The van der Waals surface area contributed by atoms with E-state index in [-0.39, 0.29) is 41.0 Å². The third-order valence-electron chi connectivity index (χ3n) is 8.82. The topological polar surface area (TPSA) is 46.5 Å². The van der Waals surface area contributed by atoms with Crippen LogP contribution in [0.25, 0.3) is 0 Å². The minimum atomic E-state index is -0.769. The standard InChI is InChI=1S/C21H35FO3/c1-13-6-8-21-9-7-15(25-5)17(21)20(13,4)16(23)12-19(3,10-11-22)18(24)14(21)2/h13-17,23H,6-12H2,1-5H3/t13-,14+,15?,16-,17?,19-,20+,21?/m1/s1. The van der Waals surface area contributed by atoms with Crippen molar-refractivity contribution in [2.75, 3.05) is 13.8 Å². The molecule has 0 aromatic rings. The van der Waals surface area contributed by atoms with Crippen LogP contribution < -0.4 is 0 Å². The fourth-order valence-corrected chi connectivity index (χ4v) is 6.96. The monoisotopic (exact) mass is 354 g/mol. The zero-order valence-corrected chi connectivity index (χ0v) is 16.5. The Morgan fingerprint density at radius 1 is 1.24 bits per heavy atom. The second-order valence-corrected chi connectivity index (χ2v) is 9.63. The van der Waals surface area contributed by atoms with E-state index in [0.717, 1.165) is 25.7 Å². The van der Waals surface area contributed by atoms with Crippen molar-refractivity contribution in [1.29, 1.82) is 0 Å². The summed E-state index contributed by atoms with van der Waals surface area (Å²) in [6.07, 6.45) is 4.06. The van der Waals surface area contributed by atoms with E-state index in [1.165, 1.54) is 0 Å². The molecule has 3 saturated carbocycles. The fraction of sp³-hybridized carbons (Fsp3) is 0.952. The van der Waals surface area contributed by atoms with Crippen molar-refractivity contribution in [3.8, 4) is 0 Å². The molecule has 0 radical (unpaired) electrons. The van der Waals surface area contributed by atoms with Gasteiger partial charge in [-0.3, -0.25) is 9.18 Å². The highest BCUT2D eigenvalue weighted by atomic mass is 19.1. The molecule has 4 heteroatoms. The summed E-state index contributed by atoms with van der Waals surface area (Å²) in [7, 11) is 1.76. The first kappa shape index (κ1) is 19.3. The number of Topliss-reactive ketones (excluding diaryl/α,β-unsaturated/α-hetero) is 1. The van der Waals surface area contributed by atoms with E-state index in [2.05, 4.69) is 20.8 Å². The molecule has 0 aromatic carbocycles. The lowest BCUT2D eigenvalue weighted by Crippen LogP contribution is -2.62. The smallest absolute Gasteiger partial charge is 0.142 e. The number of aliphatic hydroxyl groups is 1. The first-order chi connectivity index (χ1) is 11.7. The van der Waals surface area contributed by atoms with E-state index >= 15 is 0 Å². The van der Waals surface area contributed by atoms with Crippen LogP contribution in [0.5, 0.6) is 0 Å². The molecule has 3 fully saturated rings. The summed E-state index contributed by atoms with van der Waals surface area (Å²) in [5.41, 5.74) is -1.17. The summed E-state index contributed by atoms with van der Waals surface area (Å²) >= 11 is 0. The number of hydrogen-bond donors (Lipinski definition) is 1. The normalized spacial score (nSPS) is 53.2. The van der Waals surface area contributed by atoms with Gasteiger partial charge < -0.3 is 9.84 Å². The van der Waals surface area contributed by atoms with Crippen molar-refractivity contribution >= 4 is 5.78 Å². The SMILES string of the molecule is COC1CCC23CC[C@@H](C)[C@](C)(C12)[C@H](O)C[C@@](C)(CCF)C(=O)[C@@H]3C. The molecule has 3 aliphatic carbocycles. The second kappa shape index (κ2) is 6.30. The van der Waals surface area contributed by atoms with Gasteiger partial charge in [0.2, 0.25) is 0 Å². The number of alkyl halides is 1. The van der Waals surface area contributed by atoms with Gasteiger partial charge in [-0.1, -0.05) is 27.7 Å². The number of ether oxygens (including phenoxy) is 1. The Morgan fingerprint density at radius 3 is 2.48 bits per heavy atom. The van der Waals surface area contributed by atoms with Crippen LogP contribution in [0, 0.1) is 34.0 Å². The largest absolute Gasteiger partial charge is 0.393 e. The predicted octanol–water partition coefficient (Wildman–Crippen LogP) is 4.17. The lowest BCUT2D eigenvalue weighted by atomic mass is 9.44. The summed E-state index contributed by atoms with van der Waals surface area (Å²) in [6.45, 7) is 7.87. The maximum Gasteiger partial charge on any atom is 0.142 e. The van der Waals surface area contributed by atoms with Crippen LogP contribution >= 0.6 is 0 Å². The van der Waals surface area contributed by atoms with Crippen LogP contribution in [-0.2, 0) is 9.53 Å². The average Bonchev–Trinajstić information content (AvgIpc) is 2.97. The second-order valence-electron chi connectivity index (χ2n) is 9.63. The molecule has 25 heavy (non-hydrogen) atoms. The van der Waals surface area contributed by atoms with Gasteiger partial charge in [0.15, 0.2) is 0 Å². The zero-order chi connectivity index (χ0) is 18.6. The number of ketones is 1. The Hall–Kier alpha value is -0.480. The maximum absolute atomic E-state index is 13.5. The van der Waals surface area contributed by atoms with Gasteiger partial charge in [0.25, 0.3) is 0 Å². The van der Waals surface area contributed by atoms with E-state index < -0.39 is 18.2 Å². The number of carbonyl (C=O) groups excluding carboxylic acids is 1. The van der Waals surface area contributed by atoms with Gasteiger partial charge in [-0.15, -0.1) is 0 Å². The third-order valence-corrected chi connectivity index (χ3v) is 8.82. The molecule has 0 aromatic heterocycles. The van der Waals surface area contributed by atoms with E-state index in [4.69, 9.17) is 4.74 Å². The Bertz CT molecular complexity index is 537. The Kier molecular flexibility index (Phi) is 4.86. The van der Waals surface area contributed by atoms with Gasteiger partial charge in [0.1, 0.15) is 5.78 Å². The van der Waals surface area contributed by atoms with Gasteiger partial charge in [-0.05, 0) is 55.8 Å². The third kappa shape index (κ3) is 2.46. The summed E-state index contributed by atoms with van der Waals surface area (Å²) in [5.74, 6) is 0.611. The fourth-order valence-electron chi connectivity index (χ4n) is 6.96. The molecule has 8 atom stereocenters. The molecule has 0 amide bonds. The molecule has 0 aliphatic heterocycles. The first-order valence-corrected chi connectivity index (χ1v) is 9.98. The molecule has 3 aliphatic rings. The van der Waals surface area contributed by atoms with Crippen LogP contribution in [-0.4, -0.2) is 36.9 Å². The van der Waals surface area contributed by atoms with E-state index in [1.807, 2.05) is 6.92 Å². The lowest BCUT2D eigenvalue weighted by Gasteiger charge is -2.61. The van der Waals surface area contributed by atoms with Gasteiger partial charge in [0, 0.05) is 23.9 Å². The molecule has 3 rings (SSSR count). The van der Waals surface area contributed by atoms with Gasteiger partial charge >= 0.3 is 0 Å². The highest BCUT2D eigenvalue weighted by Gasteiger charge is 2.67. The molecule has 2 bridgehead atoms. The number of aliphatic hydroxyl groups excluding tert-OH is 1. The molecule has 1 N–H and O–H groups in total. The number of hydrogen-bond acceptors (Lipinski definition) is 3. The minimum Gasteiger partial charge on any atom is -0.393 e. The summed E-state index contributed by atoms with van der Waals surface area (Å²) in [4.78, 5) is 13.5. The maximum atomic E-state index is 13.5. The molecule has 144 valence electrons. The Morgan fingerprint density at radius 2 is 1.88 bits per heavy atom. The van der Waals surface area contributed by atoms with E-state index in [1.54, 1.807) is 7.11 Å². The van der Waals surface area contributed by atoms with Crippen molar-refractivity contribution in [1.82, 2.24) is 0 Å². The van der Waals surface area contributed by atoms with E-state index in [9.17, 15) is 14.3 Å². The predicted molar refractivity (Wildman–Crippen MR) is 96.0 cm³/mol. The van der Waals surface area contributed by atoms with Crippen molar-refractivity contribution in [3.05, 3.63) is 0 Å². The highest BCUT2D eigenvalue weighted by Crippen LogP contribution is 2.68. The van der Waals surface area contributed by atoms with Gasteiger partial charge in [0.05, 0.1) is 18.9 Å². The quantitative estimate of drug-likeness (QED) is 0.827. The van der Waals surface area contributed by atoms with Crippen molar-refractivity contribution in [2.45, 2.75) is 78.4 Å². The minimum absolute atomic E-state index is 0.100. The lowest BCUT2D eigenvalue weighted by molar-refractivity contribution is -0.192. The molecule has 0 spiro atoms. The number of halogens is 1. The summed E-state index contributed by atoms with van der Waals surface area (Å²) < 4.78 is 19.1. The van der Waals surface area contributed by atoms with Crippen LogP contribution in [0.2, 0.25) is 0 Å². The molecule has 0 saturated heterocycles. The molecule has 3 unspecified atom stereocenters. The van der Waals surface area contributed by atoms with Crippen molar-refractivity contribution in [3.63, 3.8) is 0 Å². The molecule has 0 heterocycles. The van der Waals surface area contributed by atoms with Gasteiger partial charge in [-0.25, -0.2) is 0 Å². The number of rotatable bonds is 3. The van der Waals surface area contributed by atoms with Crippen molar-refractivity contribution in [2.24, 2.45) is 34.0 Å². The zero-order valence-electron chi connectivity index (χ0n) is 16.5. The average molecular weight is 355 g/mol. The summed E-state index contributed by atoms with van der Waals surface area (Å²) in [6, 6.07) is 0. The van der Waals surface area contributed by atoms with Crippen LogP contribution in [0.4, 0.5) is 4.39 Å². The number of carbonyl (C=O) groups is 1. The first-order valence-electron chi connectivity index (χ1n) is 9.98. The van der Waals surface area contributed by atoms with Gasteiger partial charge in [-0.2, -0.15) is 0 Å². The Labute approximate surface area is 151 Å². The number of methoxy groups -OCH3 is 1. The Balaban J connectivity index is 2.16. The molecule has 3 nitrogen and oxygen atoms in total. The van der Waals surface area contributed by atoms with E-state index in [0.29, 0.717) is 12.3 Å². The van der Waals surface area contributed by atoms with Crippen LogP contribution in [0.1, 0.15) is 66.2 Å². The molecular weight excluding hydrogens is 319 g/mol. The van der Waals surface area contributed by atoms with Crippen molar-refractivity contribution < 1.29 is 19.0 Å².